The normalized spacial score (nSPS) is 35.8. The van der Waals surface area contributed by atoms with Crippen molar-refractivity contribution in [1.82, 2.24) is 0 Å². The Bertz CT molecular complexity index is 351. The zero-order chi connectivity index (χ0) is 14.9. The summed E-state index contributed by atoms with van der Waals surface area (Å²) >= 11 is 0. The van der Waals surface area contributed by atoms with E-state index < -0.39 is 11.2 Å². The minimum atomic E-state index is -0.835. The second-order valence-electron chi connectivity index (χ2n) is 7.26. The predicted molar refractivity (Wildman–Crippen MR) is 76.7 cm³/mol. The number of carbonyl (C=O) groups is 1. The first-order valence-electron chi connectivity index (χ1n) is 7.08. The lowest BCUT2D eigenvalue weighted by molar-refractivity contribution is -0.163. The highest BCUT2D eigenvalue weighted by Crippen LogP contribution is 2.49. The van der Waals surface area contributed by atoms with E-state index in [-0.39, 0.29) is 23.7 Å². The van der Waals surface area contributed by atoms with Crippen molar-refractivity contribution in [2.75, 3.05) is 0 Å². The number of rotatable bonds is 3. The smallest absolute Gasteiger partial charge is 0.306 e. The summed E-state index contributed by atoms with van der Waals surface area (Å²) in [7, 11) is 0. The molecular formula is C16H28O3. The van der Waals surface area contributed by atoms with E-state index in [9.17, 15) is 9.90 Å². The second kappa shape index (κ2) is 5.28. The summed E-state index contributed by atoms with van der Waals surface area (Å²) in [6.07, 6.45) is 4.77. The number of esters is 1. The molecule has 0 spiro atoms. The molecule has 0 aliphatic heterocycles. The van der Waals surface area contributed by atoms with Crippen LogP contribution in [0.1, 0.15) is 60.3 Å². The quantitative estimate of drug-likeness (QED) is 0.630. The van der Waals surface area contributed by atoms with Gasteiger partial charge >= 0.3 is 5.97 Å². The van der Waals surface area contributed by atoms with Crippen LogP contribution in [-0.4, -0.2) is 22.3 Å². The fraction of sp³-hybridized carbons (Fsp3) is 0.812. The zero-order valence-corrected chi connectivity index (χ0v) is 13.0. The molecule has 3 nitrogen and oxygen atoms in total. The number of hydrogen-bond donors (Lipinski definition) is 1. The predicted octanol–water partition coefficient (Wildman–Crippen LogP) is 3.46. The van der Waals surface area contributed by atoms with Gasteiger partial charge in [-0.15, -0.1) is 6.58 Å². The molecule has 0 heterocycles. The highest BCUT2D eigenvalue weighted by molar-refractivity contribution is 5.70. The van der Waals surface area contributed by atoms with Gasteiger partial charge < -0.3 is 9.84 Å². The molecule has 1 saturated carbocycles. The van der Waals surface area contributed by atoms with E-state index >= 15 is 0 Å². The third kappa shape index (κ3) is 4.07. The summed E-state index contributed by atoms with van der Waals surface area (Å²) in [5, 5.41) is 10.6. The molecule has 1 aliphatic carbocycles. The van der Waals surface area contributed by atoms with Crippen molar-refractivity contribution in [1.29, 1.82) is 0 Å². The first-order chi connectivity index (χ1) is 8.50. The molecule has 0 aromatic carbocycles. The van der Waals surface area contributed by atoms with Crippen LogP contribution in [-0.2, 0) is 9.53 Å². The van der Waals surface area contributed by atoms with Crippen molar-refractivity contribution in [3.63, 3.8) is 0 Å². The standard InChI is InChI=1S/C16H28O3/c1-7-15(5)9-8-10-16(6,18)12(15)11-13(17)19-14(2,3)4/h7,12,18H,1,8-11H2,2-6H3/t12-,15-,16-/m0/s1. The number of carbonyl (C=O) groups excluding carboxylic acids is 1. The Balaban J connectivity index is 2.86. The van der Waals surface area contributed by atoms with E-state index in [1.165, 1.54) is 0 Å². The van der Waals surface area contributed by atoms with E-state index in [0.29, 0.717) is 0 Å². The third-order valence-corrected chi connectivity index (χ3v) is 4.20. The highest BCUT2D eigenvalue weighted by atomic mass is 16.6. The Hall–Kier alpha value is -0.830. The van der Waals surface area contributed by atoms with Gasteiger partial charge in [-0.05, 0) is 52.4 Å². The average molecular weight is 268 g/mol. The molecule has 0 radical (unpaired) electrons. The second-order valence-corrected chi connectivity index (χ2v) is 7.26. The van der Waals surface area contributed by atoms with Crippen LogP contribution in [0.3, 0.4) is 0 Å². The number of allylic oxidation sites excluding steroid dienone is 1. The first kappa shape index (κ1) is 16.2. The van der Waals surface area contributed by atoms with Crippen LogP contribution in [0.15, 0.2) is 12.7 Å². The van der Waals surface area contributed by atoms with Gasteiger partial charge in [-0.1, -0.05) is 13.0 Å². The fourth-order valence-corrected chi connectivity index (χ4v) is 3.13. The monoisotopic (exact) mass is 268 g/mol. The van der Waals surface area contributed by atoms with Crippen molar-refractivity contribution in [3.05, 3.63) is 12.7 Å². The van der Waals surface area contributed by atoms with Crippen LogP contribution in [0, 0.1) is 11.3 Å². The van der Waals surface area contributed by atoms with E-state index in [1.54, 1.807) is 0 Å². The molecule has 1 fully saturated rings. The molecular weight excluding hydrogens is 240 g/mol. The SMILES string of the molecule is C=C[C@@]1(C)CCC[C@](C)(O)[C@H]1CC(=O)OC(C)(C)C. The molecule has 0 aromatic rings. The lowest BCUT2D eigenvalue weighted by Crippen LogP contribution is -2.48. The van der Waals surface area contributed by atoms with Crippen LogP contribution in [0.25, 0.3) is 0 Å². The van der Waals surface area contributed by atoms with E-state index in [1.807, 2.05) is 33.8 Å². The molecule has 0 saturated heterocycles. The van der Waals surface area contributed by atoms with Crippen molar-refractivity contribution < 1.29 is 14.6 Å². The van der Waals surface area contributed by atoms with Crippen LogP contribution < -0.4 is 0 Å². The maximum absolute atomic E-state index is 12.1. The number of aliphatic hydroxyl groups is 1. The Morgan fingerprint density at radius 1 is 1.42 bits per heavy atom. The van der Waals surface area contributed by atoms with Gasteiger partial charge in [0.1, 0.15) is 5.60 Å². The molecule has 1 N–H and O–H groups in total. The van der Waals surface area contributed by atoms with Crippen molar-refractivity contribution in [3.8, 4) is 0 Å². The summed E-state index contributed by atoms with van der Waals surface area (Å²) in [6, 6.07) is 0. The van der Waals surface area contributed by atoms with Gasteiger partial charge in [0.2, 0.25) is 0 Å². The van der Waals surface area contributed by atoms with Gasteiger partial charge in [0, 0.05) is 5.92 Å². The van der Waals surface area contributed by atoms with Crippen molar-refractivity contribution >= 4 is 5.97 Å². The van der Waals surface area contributed by atoms with Gasteiger partial charge in [-0.3, -0.25) is 4.79 Å². The molecule has 1 rings (SSSR count). The lowest BCUT2D eigenvalue weighted by atomic mass is 9.60. The van der Waals surface area contributed by atoms with Crippen LogP contribution in [0.4, 0.5) is 0 Å². The van der Waals surface area contributed by atoms with Crippen molar-refractivity contribution in [2.24, 2.45) is 11.3 Å². The topological polar surface area (TPSA) is 46.5 Å². The molecule has 0 amide bonds. The van der Waals surface area contributed by atoms with Crippen LogP contribution in [0.2, 0.25) is 0 Å². The Labute approximate surface area is 117 Å². The maximum atomic E-state index is 12.1. The molecule has 0 aromatic heterocycles. The summed E-state index contributed by atoms with van der Waals surface area (Å²) in [6.45, 7) is 13.4. The highest BCUT2D eigenvalue weighted by Gasteiger charge is 2.47. The molecule has 3 heteroatoms. The van der Waals surface area contributed by atoms with Crippen LogP contribution in [0.5, 0.6) is 0 Å². The summed E-state index contributed by atoms with van der Waals surface area (Å²) in [5.41, 5.74) is -1.53. The Kier molecular flexibility index (Phi) is 4.51. The minimum absolute atomic E-state index is 0.138. The molecule has 1 aliphatic rings. The molecule has 0 bridgehead atoms. The lowest BCUT2D eigenvalue weighted by Gasteiger charge is -2.48. The first-order valence-corrected chi connectivity index (χ1v) is 7.08. The van der Waals surface area contributed by atoms with Crippen LogP contribution >= 0.6 is 0 Å². The van der Waals surface area contributed by atoms with Gasteiger partial charge in [-0.25, -0.2) is 0 Å². The molecule has 110 valence electrons. The number of hydrogen-bond acceptors (Lipinski definition) is 3. The van der Waals surface area contributed by atoms with Crippen molar-refractivity contribution in [2.45, 2.75) is 71.5 Å². The fourth-order valence-electron chi connectivity index (χ4n) is 3.13. The average Bonchev–Trinajstić information content (AvgIpc) is 2.21. The van der Waals surface area contributed by atoms with Gasteiger partial charge in [0.05, 0.1) is 12.0 Å². The molecule has 19 heavy (non-hydrogen) atoms. The zero-order valence-electron chi connectivity index (χ0n) is 13.0. The maximum Gasteiger partial charge on any atom is 0.306 e. The summed E-state index contributed by atoms with van der Waals surface area (Å²) in [4.78, 5) is 12.1. The van der Waals surface area contributed by atoms with E-state index in [2.05, 4.69) is 13.5 Å². The van der Waals surface area contributed by atoms with Gasteiger partial charge in [0.15, 0.2) is 0 Å². The summed E-state index contributed by atoms with van der Waals surface area (Å²) < 4.78 is 5.39. The minimum Gasteiger partial charge on any atom is -0.460 e. The molecule has 3 atom stereocenters. The summed E-state index contributed by atoms with van der Waals surface area (Å²) in [5.74, 6) is -0.381. The van der Waals surface area contributed by atoms with Gasteiger partial charge in [0.25, 0.3) is 0 Å². The van der Waals surface area contributed by atoms with E-state index in [4.69, 9.17) is 4.74 Å². The number of ether oxygens (including phenoxy) is 1. The Morgan fingerprint density at radius 3 is 2.47 bits per heavy atom. The Morgan fingerprint density at radius 2 is 2.00 bits per heavy atom. The molecule has 0 unspecified atom stereocenters. The third-order valence-electron chi connectivity index (χ3n) is 4.20. The largest absolute Gasteiger partial charge is 0.460 e. The van der Waals surface area contributed by atoms with Gasteiger partial charge in [-0.2, -0.15) is 0 Å². The van der Waals surface area contributed by atoms with E-state index in [0.717, 1.165) is 19.3 Å².